The molecule has 0 radical (unpaired) electrons. The molecular weight excluding hydrogens is 344 g/mol. The van der Waals surface area contributed by atoms with Crippen molar-refractivity contribution in [2.24, 2.45) is 0 Å². The van der Waals surface area contributed by atoms with Gasteiger partial charge in [0.25, 0.3) is 0 Å². The number of pyridine rings is 1. The van der Waals surface area contributed by atoms with Gasteiger partial charge in [-0.15, -0.1) is 0 Å². The van der Waals surface area contributed by atoms with Crippen LogP contribution in [0.2, 0.25) is 20.1 Å². The summed E-state index contributed by atoms with van der Waals surface area (Å²) in [6.45, 7) is 0. The zero-order valence-electron chi connectivity index (χ0n) is 10.1. The van der Waals surface area contributed by atoms with Gasteiger partial charge in [-0.1, -0.05) is 46.4 Å². The maximum Gasteiger partial charge on any atom is 0.339 e. The van der Waals surface area contributed by atoms with Crippen LogP contribution < -0.4 is 0 Å². The Hall–Kier alpha value is -1.000. The minimum Gasteiger partial charge on any atom is -0.465 e. The summed E-state index contributed by atoms with van der Waals surface area (Å²) < 4.78 is 4.65. The molecule has 0 saturated heterocycles. The van der Waals surface area contributed by atoms with Crippen LogP contribution >= 0.6 is 46.4 Å². The summed E-state index contributed by atoms with van der Waals surface area (Å²) in [4.78, 5) is 15.7. The molecular formula is C13H7Cl4NO2. The zero-order chi connectivity index (χ0) is 14.9. The molecule has 0 atom stereocenters. The molecule has 0 amide bonds. The molecule has 2 rings (SSSR count). The van der Waals surface area contributed by atoms with Crippen molar-refractivity contribution in [3.05, 3.63) is 50.0 Å². The van der Waals surface area contributed by atoms with Crippen LogP contribution in [0.5, 0.6) is 0 Å². The zero-order valence-corrected chi connectivity index (χ0v) is 13.1. The molecule has 3 nitrogen and oxygen atoms in total. The molecule has 0 unspecified atom stereocenters. The van der Waals surface area contributed by atoms with Gasteiger partial charge in [0.1, 0.15) is 0 Å². The maximum atomic E-state index is 11.6. The molecule has 0 saturated carbocycles. The third kappa shape index (κ3) is 2.86. The summed E-state index contributed by atoms with van der Waals surface area (Å²) in [7, 11) is 1.26. The molecule has 0 fully saturated rings. The lowest BCUT2D eigenvalue weighted by Gasteiger charge is -2.11. The van der Waals surface area contributed by atoms with Crippen molar-refractivity contribution in [3.63, 3.8) is 0 Å². The number of rotatable bonds is 2. The second-order valence-electron chi connectivity index (χ2n) is 3.76. The van der Waals surface area contributed by atoms with E-state index in [1.165, 1.54) is 31.5 Å². The molecule has 0 aliphatic rings. The number of esters is 1. The first-order chi connectivity index (χ1) is 9.45. The van der Waals surface area contributed by atoms with Crippen molar-refractivity contribution in [2.75, 3.05) is 7.11 Å². The average molecular weight is 351 g/mol. The lowest BCUT2D eigenvalue weighted by Crippen LogP contribution is -2.03. The van der Waals surface area contributed by atoms with Gasteiger partial charge in [0.2, 0.25) is 0 Å². The smallest absolute Gasteiger partial charge is 0.339 e. The highest BCUT2D eigenvalue weighted by Gasteiger charge is 2.20. The third-order valence-electron chi connectivity index (χ3n) is 2.54. The first-order valence-corrected chi connectivity index (χ1v) is 6.84. The molecule has 20 heavy (non-hydrogen) atoms. The van der Waals surface area contributed by atoms with Gasteiger partial charge in [0.05, 0.1) is 33.4 Å². The Morgan fingerprint density at radius 2 is 1.75 bits per heavy atom. The van der Waals surface area contributed by atoms with Gasteiger partial charge in [0.15, 0.2) is 0 Å². The molecule has 104 valence electrons. The highest BCUT2D eigenvalue weighted by Crippen LogP contribution is 2.40. The van der Waals surface area contributed by atoms with Crippen molar-refractivity contribution in [3.8, 4) is 11.3 Å². The molecule has 0 bridgehead atoms. The molecule has 0 spiro atoms. The molecule has 1 aromatic carbocycles. The number of ether oxygens (including phenoxy) is 1. The largest absolute Gasteiger partial charge is 0.465 e. The maximum absolute atomic E-state index is 11.6. The van der Waals surface area contributed by atoms with Gasteiger partial charge < -0.3 is 4.74 Å². The predicted octanol–water partition coefficient (Wildman–Crippen LogP) is 5.15. The van der Waals surface area contributed by atoms with E-state index in [9.17, 15) is 4.79 Å². The number of methoxy groups -OCH3 is 1. The van der Waals surface area contributed by atoms with Crippen molar-refractivity contribution in [1.82, 2.24) is 4.98 Å². The van der Waals surface area contributed by atoms with E-state index in [0.717, 1.165) is 0 Å². The molecule has 0 aliphatic carbocycles. The minimum absolute atomic E-state index is 0.116. The summed E-state index contributed by atoms with van der Waals surface area (Å²) in [6.07, 6.45) is 1.43. The minimum atomic E-state index is -0.570. The van der Waals surface area contributed by atoms with E-state index < -0.39 is 5.97 Å². The number of carbonyl (C=O) groups is 1. The Labute approximate surface area is 135 Å². The van der Waals surface area contributed by atoms with E-state index in [2.05, 4.69) is 9.72 Å². The number of aromatic nitrogens is 1. The highest BCUT2D eigenvalue weighted by molar-refractivity contribution is 6.43. The van der Waals surface area contributed by atoms with Crippen LogP contribution in [0.25, 0.3) is 11.3 Å². The molecule has 0 N–H and O–H groups in total. The lowest BCUT2D eigenvalue weighted by atomic mass is 10.1. The van der Waals surface area contributed by atoms with Gasteiger partial charge in [-0.05, 0) is 18.2 Å². The Morgan fingerprint density at radius 1 is 1.15 bits per heavy atom. The second-order valence-corrected chi connectivity index (χ2v) is 5.39. The quantitative estimate of drug-likeness (QED) is 0.703. The Balaban J connectivity index is 2.69. The topological polar surface area (TPSA) is 39.2 Å². The van der Waals surface area contributed by atoms with E-state index >= 15 is 0 Å². The molecule has 1 aromatic heterocycles. The summed E-state index contributed by atoms with van der Waals surface area (Å²) in [5.41, 5.74) is 0.885. The fourth-order valence-electron chi connectivity index (χ4n) is 1.65. The summed E-state index contributed by atoms with van der Waals surface area (Å²) in [5.74, 6) is -0.570. The van der Waals surface area contributed by atoms with Crippen molar-refractivity contribution in [2.45, 2.75) is 0 Å². The van der Waals surface area contributed by atoms with Crippen LogP contribution in [-0.4, -0.2) is 18.1 Å². The number of hydrogen-bond donors (Lipinski definition) is 0. The van der Waals surface area contributed by atoms with Gasteiger partial charge >= 0.3 is 5.97 Å². The first-order valence-electron chi connectivity index (χ1n) is 5.33. The normalized spacial score (nSPS) is 10.4. The number of carbonyl (C=O) groups excluding carboxylic acids is 1. The number of benzene rings is 1. The Kier molecular flexibility index (Phi) is 4.76. The van der Waals surface area contributed by atoms with E-state index in [-0.39, 0.29) is 10.6 Å². The van der Waals surface area contributed by atoms with Crippen LogP contribution in [0.4, 0.5) is 0 Å². The number of hydrogen-bond acceptors (Lipinski definition) is 3. The van der Waals surface area contributed by atoms with Crippen LogP contribution in [0.3, 0.4) is 0 Å². The molecule has 0 aliphatic heterocycles. The molecule has 7 heteroatoms. The fourth-order valence-corrected chi connectivity index (χ4v) is 2.93. The Morgan fingerprint density at radius 3 is 2.30 bits per heavy atom. The van der Waals surface area contributed by atoms with Crippen molar-refractivity contribution >= 4 is 52.4 Å². The summed E-state index contributed by atoms with van der Waals surface area (Å²) in [5, 5.41) is 1.09. The average Bonchev–Trinajstić information content (AvgIpc) is 2.38. The summed E-state index contributed by atoms with van der Waals surface area (Å²) in [6, 6.07) is 4.50. The van der Waals surface area contributed by atoms with E-state index in [0.29, 0.717) is 26.3 Å². The van der Waals surface area contributed by atoms with Gasteiger partial charge in [-0.25, -0.2) is 4.79 Å². The first kappa shape index (κ1) is 15.4. The third-order valence-corrected chi connectivity index (χ3v) is 3.74. The van der Waals surface area contributed by atoms with E-state index in [1.54, 1.807) is 0 Å². The highest BCUT2D eigenvalue weighted by atomic mass is 35.5. The van der Waals surface area contributed by atoms with Crippen LogP contribution in [0.15, 0.2) is 24.4 Å². The summed E-state index contributed by atoms with van der Waals surface area (Å²) >= 11 is 24.3. The standard InChI is InChI=1S/C13H7Cl4NO2/c1-20-13(19)7-2-3-18-12(11(7)17)10-8(15)4-6(14)5-9(10)16/h2-5H,1H3. The molecule has 2 aromatic rings. The van der Waals surface area contributed by atoms with Crippen LogP contribution in [-0.2, 0) is 4.74 Å². The number of nitrogens with zero attached hydrogens (tertiary/aromatic N) is 1. The van der Waals surface area contributed by atoms with Gasteiger partial charge in [0, 0.05) is 16.8 Å². The Bertz CT molecular complexity index is 665. The van der Waals surface area contributed by atoms with Crippen LogP contribution in [0, 0.1) is 0 Å². The number of halogens is 4. The lowest BCUT2D eigenvalue weighted by molar-refractivity contribution is 0.0601. The van der Waals surface area contributed by atoms with E-state index in [1.807, 2.05) is 0 Å². The fraction of sp³-hybridized carbons (Fsp3) is 0.0769. The SMILES string of the molecule is COC(=O)c1ccnc(-c2c(Cl)cc(Cl)cc2Cl)c1Cl. The molecule has 1 heterocycles. The van der Waals surface area contributed by atoms with E-state index in [4.69, 9.17) is 46.4 Å². The monoisotopic (exact) mass is 349 g/mol. The van der Waals surface area contributed by atoms with Gasteiger partial charge in [-0.2, -0.15) is 0 Å². The predicted molar refractivity (Wildman–Crippen MR) is 81.1 cm³/mol. The van der Waals surface area contributed by atoms with Crippen molar-refractivity contribution < 1.29 is 9.53 Å². The van der Waals surface area contributed by atoms with Crippen LogP contribution in [0.1, 0.15) is 10.4 Å². The van der Waals surface area contributed by atoms with Gasteiger partial charge in [-0.3, -0.25) is 4.98 Å². The van der Waals surface area contributed by atoms with Crippen molar-refractivity contribution in [1.29, 1.82) is 0 Å². The second kappa shape index (κ2) is 6.19.